The van der Waals surface area contributed by atoms with Crippen molar-refractivity contribution in [1.29, 1.82) is 0 Å². The molecule has 1 amide bonds. The summed E-state index contributed by atoms with van der Waals surface area (Å²) in [7, 11) is 0. The van der Waals surface area contributed by atoms with Gasteiger partial charge in [0.2, 0.25) is 5.91 Å². The van der Waals surface area contributed by atoms with Crippen molar-refractivity contribution < 1.29 is 24.9 Å². The molecule has 0 aromatic rings. The molecule has 0 spiro atoms. The molecule has 2 heterocycles. The average Bonchev–Trinajstić information content (AvgIpc) is 3.53. The average molecular weight is 417 g/mol. The molecular formula is C20H36N2O5S. The summed E-state index contributed by atoms with van der Waals surface area (Å²) in [6.45, 7) is 3.05. The van der Waals surface area contributed by atoms with Crippen LogP contribution >= 0.6 is 11.8 Å². The molecule has 7 nitrogen and oxygen atoms in total. The third kappa shape index (κ3) is 5.21. The molecule has 0 bridgehead atoms. The summed E-state index contributed by atoms with van der Waals surface area (Å²) < 4.78 is 5.92. The van der Waals surface area contributed by atoms with Gasteiger partial charge < -0.3 is 30.7 Å². The Hall–Kier alpha value is -0.380. The number of rotatable bonds is 7. The first-order chi connectivity index (χ1) is 13.5. The Labute approximate surface area is 172 Å². The lowest BCUT2D eigenvalue weighted by molar-refractivity contribution is -0.206. The van der Waals surface area contributed by atoms with Crippen molar-refractivity contribution in [1.82, 2.24) is 10.6 Å². The minimum Gasteiger partial charge on any atom is -0.388 e. The summed E-state index contributed by atoms with van der Waals surface area (Å²) in [6.07, 6.45) is 4.73. The van der Waals surface area contributed by atoms with Gasteiger partial charge in [0.05, 0.1) is 12.1 Å². The molecule has 3 rings (SSSR count). The van der Waals surface area contributed by atoms with E-state index < -0.39 is 29.9 Å². The summed E-state index contributed by atoms with van der Waals surface area (Å²) in [5.41, 5.74) is -0.618. The Kier molecular flexibility index (Phi) is 8.04. The quantitative estimate of drug-likeness (QED) is 0.413. The van der Waals surface area contributed by atoms with Gasteiger partial charge in [-0.15, -0.1) is 11.8 Å². The van der Waals surface area contributed by atoms with Crippen LogP contribution in [0.3, 0.4) is 0 Å². The van der Waals surface area contributed by atoms with Crippen LogP contribution < -0.4 is 10.6 Å². The fraction of sp³-hybridized carbons (Fsp3) is 0.950. The molecular weight excluding hydrogens is 380 g/mol. The predicted molar refractivity (Wildman–Crippen MR) is 109 cm³/mol. The summed E-state index contributed by atoms with van der Waals surface area (Å²) >= 11 is 1.30. The molecule has 0 aromatic carbocycles. The Morgan fingerprint density at radius 3 is 2.54 bits per heavy atom. The zero-order valence-corrected chi connectivity index (χ0v) is 17.7. The SMILES string of the molecule is CCCC1CCNC(C(=O)NC(C2CC2)C2OC(SC)C(O)C(O)C2O)CC1. The van der Waals surface area contributed by atoms with Crippen LogP contribution in [0.5, 0.6) is 0 Å². The summed E-state index contributed by atoms with van der Waals surface area (Å²) in [6, 6.07) is -0.577. The molecule has 162 valence electrons. The standard InChI is InChI=1S/C20H36N2O5S/c1-3-4-11-5-8-13(21-10-9-11)19(26)22-14(12-6-7-12)18-16(24)15(23)17(25)20(27-18)28-2/h11-18,20-21,23-25H,3-10H2,1-2H3,(H,22,26). The first-order valence-corrected chi connectivity index (χ1v) is 12.0. The molecule has 1 aliphatic carbocycles. The van der Waals surface area contributed by atoms with Crippen molar-refractivity contribution in [3.8, 4) is 0 Å². The maximum absolute atomic E-state index is 13.0. The number of aliphatic hydroxyl groups is 3. The van der Waals surface area contributed by atoms with Crippen LogP contribution in [0.2, 0.25) is 0 Å². The molecule has 28 heavy (non-hydrogen) atoms. The fourth-order valence-corrected chi connectivity index (χ4v) is 5.26. The first kappa shape index (κ1) is 22.3. The maximum Gasteiger partial charge on any atom is 0.237 e. The molecule has 1 saturated carbocycles. The summed E-state index contributed by atoms with van der Waals surface area (Å²) in [5.74, 6) is 0.871. The number of hydrogen-bond donors (Lipinski definition) is 5. The van der Waals surface area contributed by atoms with Crippen LogP contribution in [-0.4, -0.2) is 76.0 Å². The highest BCUT2D eigenvalue weighted by molar-refractivity contribution is 7.99. The van der Waals surface area contributed by atoms with Crippen molar-refractivity contribution >= 4 is 17.7 Å². The number of aliphatic hydroxyl groups excluding tert-OH is 3. The minimum atomic E-state index is -1.28. The van der Waals surface area contributed by atoms with Crippen molar-refractivity contribution in [2.45, 2.75) is 93.8 Å². The second kappa shape index (κ2) is 10.1. The third-order valence-electron chi connectivity index (χ3n) is 6.45. The van der Waals surface area contributed by atoms with Gasteiger partial charge in [0.15, 0.2) is 0 Å². The summed E-state index contributed by atoms with van der Waals surface area (Å²) in [4.78, 5) is 13.0. The van der Waals surface area contributed by atoms with Crippen LogP contribution in [0, 0.1) is 11.8 Å². The Morgan fingerprint density at radius 1 is 1.14 bits per heavy atom. The molecule has 3 aliphatic rings. The highest BCUT2D eigenvalue weighted by atomic mass is 32.2. The highest BCUT2D eigenvalue weighted by Crippen LogP contribution is 2.39. The number of thioether (sulfide) groups is 1. The second-order valence-electron chi connectivity index (χ2n) is 8.58. The Balaban J connectivity index is 1.63. The van der Waals surface area contributed by atoms with Crippen LogP contribution in [0.15, 0.2) is 0 Å². The van der Waals surface area contributed by atoms with Crippen molar-refractivity contribution in [3.63, 3.8) is 0 Å². The van der Waals surface area contributed by atoms with E-state index in [1.807, 2.05) is 0 Å². The number of carbonyl (C=O) groups excluding carboxylic acids is 1. The zero-order chi connectivity index (χ0) is 20.3. The fourth-order valence-electron chi connectivity index (χ4n) is 4.58. The smallest absolute Gasteiger partial charge is 0.237 e. The molecule has 8 unspecified atom stereocenters. The molecule has 5 N–H and O–H groups in total. The topological polar surface area (TPSA) is 111 Å². The number of hydrogen-bond acceptors (Lipinski definition) is 7. The van der Waals surface area contributed by atoms with E-state index in [4.69, 9.17) is 4.74 Å². The van der Waals surface area contributed by atoms with Crippen LogP contribution in [0.25, 0.3) is 0 Å². The largest absolute Gasteiger partial charge is 0.388 e. The van der Waals surface area contributed by atoms with Gasteiger partial charge in [-0.3, -0.25) is 4.79 Å². The minimum absolute atomic E-state index is 0.0499. The Morgan fingerprint density at radius 2 is 1.89 bits per heavy atom. The normalized spacial score (nSPS) is 40.5. The van der Waals surface area contributed by atoms with E-state index in [9.17, 15) is 20.1 Å². The van der Waals surface area contributed by atoms with Crippen molar-refractivity contribution in [2.75, 3.05) is 12.8 Å². The van der Waals surface area contributed by atoms with Gasteiger partial charge in [-0.2, -0.15) is 0 Å². The van der Waals surface area contributed by atoms with Gasteiger partial charge in [0.1, 0.15) is 29.9 Å². The van der Waals surface area contributed by atoms with Gasteiger partial charge in [0.25, 0.3) is 0 Å². The van der Waals surface area contributed by atoms with Gasteiger partial charge in [-0.25, -0.2) is 0 Å². The lowest BCUT2D eigenvalue weighted by atomic mass is 9.91. The lowest BCUT2D eigenvalue weighted by Crippen LogP contribution is -2.64. The highest BCUT2D eigenvalue weighted by Gasteiger charge is 2.50. The van der Waals surface area contributed by atoms with E-state index in [0.29, 0.717) is 5.92 Å². The zero-order valence-electron chi connectivity index (χ0n) is 16.9. The number of amides is 1. The third-order valence-corrected chi connectivity index (χ3v) is 7.31. The van der Waals surface area contributed by atoms with Crippen LogP contribution in [0.1, 0.15) is 51.9 Å². The maximum atomic E-state index is 13.0. The van der Waals surface area contributed by atoms with E-state index >= 15 is 0 Å². The molecule has 2 saturated heterocycles. The summed E-state index contributed by atoms with van der Waals surface area (Å²) in [5, 5.41) is 37.4. The van der Waals surface area contributed by atoms with Crippen molar-refractivity contribution in [2.24, 2.45) is 11.8 Å². The van der Waals surface area contributed by atoms with Gasteiger partial charge >= 0.3 is 0 Å². The van der Waals surface area contributed by atoms with Gasteiger partial charge in [-0.05, 0) is 56.7 Å². The molecule has 3 fully saturated rings. The predicted octanol–water partition coefficient (Wildman–Crippen LogP) is 0.610. The number of ether oxygens (including phenoxy) is 1. The number of nitrogens with one attached hydrogen (secondary N) is 2. The first-order valence-electron chi connectivity index (χ1n) is 10.7. The Bertz CT molecular complexity index is 519. The van der Waals surface area contributed by atoms with E-state index in [1.54, 1.807) is 6.26 Å². The molecule has 2 aliphatic heterocycles. The van der Waals surface area contributed by atoms with E-state index in [-0.39, 0.29) is 23.9 Å². The molecule has 8 heteroatoms. The van der Waals surface area contributed by atoms with E-state index in [1.165, 1.54) is 24.6 Å². The van der Waals surface area contributed by atoms with Crippen LogP contribution in [-0.2, 0) is 9.53 Å². The van der Waals surface area contributed by atoms with Crippen molar-refractivity contribution in [3.05, 3.63) is 0 Å². The van der Waals surface area contributed by atoms with Gasteiger partial charge in [-0.1, -0.05) is 19.8 Å². The molecule has 8 atom stereocenters. The second-order valence-corrected chi connectivity index (χ2v) is 9.51. The van der Waals surface area contributed by atoms with E-state index in [0.717, 1.165) is 38.6 Å². The lowest BCUT2D eigenvalue weighted by Gasteiger charge is -2.43. The molecule has 0 radical (unpaired) electrons. The molecule has 0 aromatic heterocycles. The van der Waals surface area contributed by atoms with E-state index in [2.05, 4.69) is 17.6 Å². The monoisotopic (exact) mass is 416 g/mol. The van der Waals surface area contributed by atoms with Crippen LogP contribution in [0.4, 0.5) is 0 Å². The number of carbonyl (C=O) groups is 1. The van der Waals surface area contributed by atoms with Gasteiger partial charge in [0, 0.05) is 0 Å².